The summed E-state index contributed by atoms with van der Waals surface area (Å²) < 4.78 is 5.51. The third kappa shape index (κ3) is 1.92. The molecular formula is C8H8BrNO3. The lowest BCUT2D eigenvalue weighted by atomic mass is 10.2. The summed E-state index contributed by atoms with van der Waals surface area (Å²) in [4.78, 5) is 10.6. The molecular weight excluding hydrogens is 238 g/mol. The fourth-order valence-electron chi connectivity index (χ4n) is 0.911. The molecule has 0 amide bonds. The maximum Gasteiger partial charge on any atom is 0.337 e. The molecule has 4 nitrogen and oxygen atoms in total. The lowest BCUT2D eigenvalue weighted by Gasteiger charge is -2.06. The highest BCUT2D eigenvalue weighted by atomic mass is 79.9. The van der Waals surface area contributed by atoms with E-state index < -0.39 is 5.97 Å². The monoisotopic (exact) mass is 245 g/mol. The Labute approximate surface area is 83.4 Å². The van der Waals surface area contributed by atoms with Crippen molar-refractivity contribution in [3.63, 3.8) is 0 Å². The van der Waals surface area contributed by atoms with Gasteiger partial charge in [-0.3, -0.25) is 0 Å². The van der Waals surface area contributed by atoms with Gasteiger partial charge in [-0.15, -0.1) is 0 Å². The molecule has 0 aliphatic carbocycles. The minimum Gasteiger partial charge on any atom is -0.495 e. The van der Waals surface area contributed by atoms with Crippen molar-refractivity contribution in [1.29, 1.82) is 0 Å². The summed E-state index contributed by atoms with van der Waals surface area (Å²) in [6.45, 7) is 0. The Morgan fingerprint density at radius 1 is 1.62 bits per heavy atom. The third-order valence-corrected chi connectivity index (χ3v) is 2.17. The van der Waals surface area contributed by atoms with Crippen LogP contribution in [0.4, 0.5) is 5.69 Å². The van der Waals surface area contributed by atoms with Crippen molar-refractivity contribution in [3.05, 3.63) is 22.2 Å². The fraction of sp³-hybridized carbons (Fsp3) is 0.125. The number of halogens is 1. The average molecular weight is 246 g/mol. The number of rotatable bonds is 2. The van der Waals surface area contributed by atoms with Gasteiger partial charge in [-0.25, -0.2) is 4.79 Å². The number of ether oxygens (including phenoxy) is 1. The molecule has 0 fully saturated rings. The summed E-state index contributed by atoms with van der Waals surface area (Å²) in [5.41, 5.74) is 5.74. The first-order valence-electron chi connectivity index (χ1n) is 3.42. The second kappa shape index (κ2) is 3.66. The highest BCUT2D eigenvalue weighted by molar-refractivity contribution is 9.10. The Balaban J connectivity index is 3.28. The first kappa shape index (κ1) is 9.85. The topological polar surface area (TPSA) is 72.5 Å². The number of carboxylic acid groups (broad SMARTS) is 1. The quantitative estimate of drug-likeness (QED) is 0.779. The van der Waals surface area contributed by atoms with Crippen LogP contribution in [-0.4, -0.2) is 18.2 Å². The number of hydrogen-bond donors (Lipinski definition) is 2. The lowest BCUT2D eigenvalue weighted by Crippen LogP contribution is -2.02. The van der Waals surface area contributed by atoms with Crippen LogP contribution in [0.1, 0.15) is 10.4 Å². The van der Waals surface area contributed by atoms with Crippen LogP contribution in [-0.2, 0) is 0 Å². The molecule has 0 aliphatic heterocycles. The number of aromatic carboxylic acids is 1. The van der Waals surface area contributed by atoms with E-state index in [4.69, 9.17) is 15.6 Å². The van der Waals surface area contributed by atoms with E-state index in [0.29, 0.717) is 10.2 Å². The Kier molecular flexibility index (Phi) is 2.77. The van der Waals surface area contributed by atoms with E-state index in [9.17, 15) is 4.79 Å². The Morgan fingerprint density at radius 3 is 2.69 bits per heavy atom. The minimum absolute atomic E-state index is 0.0627. The van der Waals surface area contributed by atoms with E-state index in [1.165, 1.54) is 19.2 Å². The molecule has 0 spiro atoms. The fourth-order valence-corrected chi connectivity index (χ4v) is 1.42. The molecule has 3 N–H and O–H groups in total. The van der Waals surface area contributed by atoms with Gasteiger partial charge in [0.15, 0.2) is 0 Å². The number of nitrogens with two attached hydrogens (primary N) is 1. The first-order chi connectivity index (χ1) is 6.06. The van der Waals surface area contributed by atoms with Gasteiger partial charge in [-0.2, -0.15) is 0 Å². The Bertz CT molecular complexity index is 351. The minimum atomic E-state index is -1.05. The van der Waals surface area contributed by atoms with Gasteiger partial charge in [0.2, 0.25) is 0 Å². The largest absolute Gasteiger partial charge is 0.495 e. The van der Waals surface area contributed by atoms with E-state index in [1.54, 1.807) is 0 Å². The summed E-state index contributed by atoms with van der Waals surface area (Å²) >= 11 is 3.17. The zero-order valence-electron chi connectivity index (χ0n) is 6.87. The van der Waals surface area contributed by atoms with Crippen LogP contribution in [0.5, 0.6) is 5.75 Å². The van der Waals surface area contributed by atoms with Gasteiger partial charge < -0.3 is 15.6 Å². The summed E-state index contributed by atoms with van der Waals surface area (Å²) in [6, 6.07) is 2.88. The molecule has 0 unspecified atom stereocenters. The zero-order valence-corrected chi connectivity index (χ0v) is 8.46. The summed E-state index contributed by atoms with van der Waals surface area (Å²) in [5.74, 6) is -0.539. The SMILES string of the molecule is COc1cc(N)c(C(=O)O)cc1Br. The highest BCUT2D eigenvalue weighted by Gasteiger charge is 2.11. The van der Waals surface area contributed by atoms with Crippen LogP contribution in [0, 0.1) is 0 Å². The molecule has 0 saturated carbocycles. The molecule has 0 atom stereocenters. The molecule has 0 saturated heterocycles. The molecule has 1 rings (SSSR count). The van der Waals surface area contributed by atoms with Crippen molar-refractivity contribution in [2.45, 2.75) is 0 Å². The maximum absolute atomic E-state index is 10.6. The van der Waals surface area contributed by atoms with Gasteiger partial charge in [-0.05, 0) is 22.0 Å². The zero-order chi connectivity index (χ0) is 10.0. The van der Waals surface area contributed by atoms with E-state index in [-0.39, 0.29) is 11.3 Å². The summed E-state index contributed by atoms with van der Waals surface area (Å²) in [6.07, 6.45) is 0. The van der Waals surface area contributed by atoms with Crippen molar-refractivity contribution in [2.75, 3.05) is 12.8 Å². The van der Waals surface area contributed by atoms with Crippen molar-refractivity contribution < 1.29 is 14.6 Å². The molecule has 0 bridgehead atoms. The number of methoxy groups -OCH3 is 1. The molecule has 1 aromatic carbocycles. The molecule has 0 radical (unpaired) electrons. The number of carbonyl (C=O) groups is 1. The van der Waals surface area contributed by atoms with Gasteiger partial charge in [0.25, 0.3) is 0 Å². The van der Waals surface area contributed by atoms with E-state index >= 15 is 0 Å². The van der Waals surface area contributed by atoms with Crippen molar-refractivity contribution >= 4 is 27.6 Å². The van der Waals surface area contributed by atoms with Crippen LogP contribution in [0.3, 0.4) is 0 Å². The van der Waals surface area contributed by atoms with Crippen molar-refractivity contribution in [1.82, 2.24) is 0 Å². The molecule has 5 heteroatoms. The highest BCUT2D eigenvalue weighted by Crippen LogP contribution is 2.29. The van der Waals surface area contributed by atoms with Gasteiger partial charge in [0.05, 0.1) is 17.1 Å². The standard InChI is InChI=1S/C8H8BrNO3/c1-13-7-3-6(10)4(8(11)12)2-5(7)9/h2-3H,10H2,1H3,(H,11,12). The number of carboxylic acids is 1. The number of benzene rings is 1. The average Bonchev–Trinajstić information content (AvgIpc) is 2.07. The first-order valence-corrected chi connectivity index (χ1v) is 4.22. The van der Waals surface area contributed by atoms with E-state index in [2.05, 4.69) is 15.9 Å². The predicted molar refractivity (Wildman–Crippen MR) is 52.1 cm³/mol. The third-order valence-electron chi connectivity index (χ3n) is 1.55. The second-order valence-corrected chi connectivity index (χ2v) is 3.23. The number of hydrogen-bond acceptors (Lipinski definition) is 3. The van der Waals surface area contributed by atoms with Gasteiger partial charge in [0, 0.05) is 11.8 Å². The van der Waals surface area contributed by atoms with Gasteiger partial charge >= 0.3 is 5.97 Å². The molecule has 1 aromatic rings. The number of nitrogen functional groups attached to an aromatic ring is 1. The Morgan fingerprint density at radius 2 is 2.23 bits per heavy atom. The second-order valence-electron chi connectivity index (χ2n) is 2.38. The normalized spacial score (nSPS) is 9.69. The van der Waals surface area contributed by atoms with Crippen LogP contribution in [0.15, 0.2) is 16.6 Å². The number of anilines is 1. The van der Waals surface area contributed by atoms with Crippen LogP contribution in [0.25, 0.3) is 0 Å². The molecule has 0 aliphatic rings. The Hall–Kier alpha value is -1.23. The lowest BCUT2D eigenvalue weighted by molar-refractivity contribution is 0.0698. The molecule has 13 heavy (non-hydrogen) atoms. The molecule has 0 heterocycles. The van der Waals surface area contributed by atoms with Gasteiger partial charge in [-0.1, -0.05) is 0 Å². The molecule has 0 aromatic heterocycles. The molecule has 70 valence electrons. The van der Waals surface area contributed by atoms with Crippen LogP contribution < -0.4 is 10.5 Å². The smallest absolute Gasteiger partial charge is 0.337 e. The maximum atomic E-state index is 10.6. The summed E-state index contributed by atoms with van der Waals surface area (Å²) in [5, 5.41) is 8.71. The van der Waals surface area contributed by atoms with Crippen molar-refractivity contribution in [2.24, 2.45) is 0 Å². The van der Waals surface area contributed by atoms with Crippen LogP contribution in [0.2, 0.25) is 0 Å². The van der Waals surface area contributed by atoms with E-state index in [0.717, 1.165) is 0 Å². The van der Waals surface area contributed by atoms with Crippen molar-refractivity contribution in [3.8, 4) is 5.75 Å². The van der Waals surface area contributed by atoms with Gasteiger partial charge in [0.1, 0.15) is 5.75 Å². The summed E-state index contributed by atoms with van der Waals surface area (Å²) in [7, 11) is 1.49. The van der Waals surface area contributed by atoms with Crippen LogP contribution >= 0.6 is 15.9 Å². The van der Waals surface area contributed by atoms with E-state index in [1.807, 2.05) is 0 Å². The predicted octanol–water partition coefficient (Wildman–Crippen LogP) is 1.74.